The van der Waals surface area contributed by atoms with Gasteiger partial charge in [-0.15, -0.1) is 0 Å². The van der Waals surface area contributed by atoms with Crippen LogP contribution in [0.5, 0.6) is 5.75 Å². The first-order valence-corrected chi connectivity index (χ1v) is 9.08. The number of hydrogen-bond acceptors (Lipinski definition) is 3. The molecule has 1 heterocycles. The SMILES string of the molecule is CCN(CC)C(=O)CCOc1cc(-c2ccccc2)nc2ccccc12. The van der Waals surface area contributed by atoms with Gasteiger partial charge in [0.05, 0.1) is 24.2 Å². The molecule has 134 valence electrons. The number of nitrogens with zero attached hydrogens (tertiary/aromatic N) is 2. The van der Waals surface area contributed by atoms with Crippen LogP contribution in [0.25, 0.3) is 22.2 Å². The van der Waals surface area contributed by atoms with E-state index in [4.69, 9.17) is 9.72 Å². The molecule has 26 heavy (non-hydrogen) atoms. The lowest BCUT2D eigenvalue weighted by atomic mass is 10.1. The molecular formula is C22H24N2O2. The third-order valence-electron chi connectivity index (χ3n) is 4.44. The maximum Gasteiger partial charge on any atom is 0.225 e. The van der Waals surface area contributed by atoms with Gasteiger partial charge in [-0.05, 0) is 26.0 Å². The van der Waals surface area contributed by atoms with Gasteiger partial charge in [0.1, 0.15) is 5.75 Å². The summed E-state index contributed by atoms with van der Waals surface area (Å²) in [5.41, 5.74) is 2.80. The Bertz CT molecular complexity index is 874. The van der Waals surface area contributed by atoms with E-state index >= 15 is 0 Å². The summed E-state index contributed by atoms with van der Waals surface area (Å²) in [6.07, 6.45) is 0.374. The molecule has 0 unspecified atom stereocenters. The first-order valence-electron chi connectivity index (χ1n) is 9.08. The van der Waals surface area contributed by atoms with Crippen molar-refractivity contribution in [3.63, 3.8) is 0 Å². The molecule has 1 aromatic heterocycles. The number of pyridine rings is 1. The van der Waals surface area contributed by atoms with Crippen molar-refractivity contribution in [2.75, 3.05) is 19.7 Å². The fraction of sp³-hybridized carbons (Fsp3) is 0.273. The summed E-state index contributed by atoms with van der Waals surface area (Å²) in [7, 11) is 0. The fourth-order valence-electron chi connectivity index (χ4n) is 3.00. The Morgan fingerprint density at radius 1 is 1.00 bits per heavy atom. The molecule has 0 spiro atoms. The van der Waals surface area contributed by atoms with E-state index in [-0.39, 0.29) is 5.91 Å². The average Bonchev–Trinajstić information content (AvgIpc) is 2.69. The third kappa shape index (κ3) is 4.02. The Morgan fingerprint density at radius 2 is 1.69 bits per heavy atom. The molecule has 4 nitrogen and oxygen atoms in total. The van der Waals surface area contributed by atoms with Gasteiger partial charge < -0.3 is 9.64 Å². The molecule has 0 aliphatic carbocycles. The fourth-order valence-corrected chi connectivity index (χ4v) is 3.00. The van der Waals surface area contributed by atoms with Crippen molar-refractivity contribution in [3.05, 3.63) is 60.7 Å². The van der Waals surface area contributed by atoms with Gasteiger partial charge >= 0.3 is 0 Å². The molecule has 0 saturated carbocycles. The molecule has 3 rings (SSSR count). The summed E-state index contributed by atoms with van der Waals surface area (Å²) < 4.78 is 6.00. The van der Waals surface area contributed by atoms with Crippen LogP contribution in [0.1, 0.15) is 20.3 Å². The quantitative estimate of drug-likeness (QED) is 0.629. The topological polar surface area (TPSA) is 42.4 Å². The van der Waals surface area contributed by atoms with Crippen molar-refractivity contribution in [1.82, 2.24) is 9.88 Å². The predicted octanol–water partition coefficient (Wildman–Crippen LogP) is 4.54. The van der Waals surface area contributed by atoms with Crippen LogP contribution in [0.2, 0.25) is 0 Å². The highest BCUT2D eigenvalue weighted by molar-refractivity contribution is 5.88. The number of carbonyl (C=O) groups excluding carboxylic acids is 1. The monoisotopic (exact) mass is 348 g/mol. The van der Waals surface area contributed by atoms with Crippen molar-refractivity contribution < 1.29 is 9.53 Å². The van der Waals surface area contributed by atoms with Gasteiger partial charge in [0.2, 0.25) is 5.91 Å². The minimum absolute atomic E-state index is 0.122. The summed E-state index contributed by atoms with van der Waals surface area (Å²) in [6, 6.07) is 19.9. The van der Waals surface area contributed by atoms with Crippen LogP contribution < -0.4 is 4.74 Å². The number of amides is 1. The largest absolute Gasteiger partial charge is 0.492 e. The first kappa shape index (κ1) is 17.9. The standard InChI is InChI=1S/C22H24N2O2/c1-3-24(4-2)22(25)14-15-26-21-16-20(17-10-6-5-7-11-17)23-19-13-9-8-12-18(19)21/h5-13,16H,3-4,14-15H2,1-2H3. The molecule has 0 bridgehead atoms. The molecule has 0 aliphatic heterocycles. The second-order valence-electron chi connectivity index (χ2n) is 6.05. The van der Waals surface area contributed by atoms with E-state index in [2.05, 4.69) is 0 Å². The van der Waals surface area contributed by atoms with Gasteiger partial charge in [-0.2, -0.15) is 0 Å². The number of carbonyl (C=O) groups is 1. The zero-order valence-corrected chi connectivity index (χ0v) is 15.3. The molecule has 3 aromatic rings. The summed E-state index contributed by atoms with van der Waals surface area (Å²) in [5, 5.41) is 0.961. The highest BCUT2D eigenvalue weighted by Gasteiger charge is 2.12. The van der Waals surface area contributed by atoms with E-state index in [1.807, 2.05) is 79.4 Å². The van der Waals surface area contributed by atoms with E-state index in [0.717, 1.165) is 41.0 Å². The molecule has 0 saturated heterocycles. The number of rotatable bonds is 7. The van der Waals surface area contributed by atoms with E-state index in [9.17, 15) is 4.79 Å². The van der Waals surface area contributed by atoms with Crippen LogP contribution in [-0.2, 0) is 4.79 Å². The minimum Gasteiger partial charge on any atom is -0.492 e. The zero-order chi connectivity index (χ0) is 18.4. The molecule has 0 atom stereocenters. The second kappa shape index (κ2) is 8.48. The van der Waals surface area contributed by atoms with E-state index in [0.29, 0.717) is 13.0 Å². The van der Waals surface area contributed by atoms with E-state index < -0.39 is 0 Å². The lowest BCUT2D eigenvalue weighted by Gasteiger charge is -2.19. The maximum absolute atomic E-state index is 12.2. The summed E-state index contributed by atoms with van der Waals surface area (Å²) >= 11 is 0. The van der Waals surface area contributed by atoms with Crippen LogP contribution in [0.3, 0.4) is 0 Å². The predicted molar refractivity (Wildman–Crippen MR) is 105 cm³/mol. The zero-order valence-electron chi connectivity index (χ0n) is 15.3. The van der Waals surface area contributed by atoms with Crippen molar-refractivity contribution in [2.45, 2.75) is 20.3 Å². The Hall–Kier alpha value is -2.88. The summed E-state index contributed by atoms with van der Waals surface area (Å²) in [5.74, 6) is 0.887. The second-order valence-corrected chi connectivity index (χ2v) is 6.05. The normalized spacial score (nSPS) is 10.7. The smallest absolute Gasteiger partial charge is 0.225 e. The Morgan fingerprint density at radius 3 is 2.42 bits per heavy atom. The highest BCUT2D eigenvalue weighted by Crippen LogP contribution is 2.30. The lowest BCUT2D eigenvalue weighted by Crippen LogP contribution is -2.31. The van der Waals surface area contributed by atoms with Crippen molar-refractivity contribution in [3.8, 4) is 17.0 Å². The van der Waals surface area contributed by atoms with Gasteiger partial charge in [0.25, 0.3) is 0 Å². The third-order valence-corrected chi connectivity index (χ3v) is 4.44. The summed E-state index contributed by atoms with van der Waals surface area (Å²) in [4.78, 5) is 18.8. The van der Waals surface area contributed by atoms with Crippen molar-refractivity contribution >= 4 is 16.8 Å². The van der Waals surface area contributed by atoms with Crippen LogP contribution in [-0.4, -0.2) is 35.5 Å². The van der Waals surface area contributed by atoms with Gasteiger partial charge in [-0.1, -0.05) is 42.5 Å². The Labute approximate surface area is 154 Å². The van der Waals surface area contributed by atoms with Crippen LogP contribution >= 0.6 is 0 Å². The number of ether oxygens (including phenoxy) is 1. The molecular weight excluding hydrogens is 324 g/mol. The van der Waals surface area contributed by atoms with Crippen LogP contribution in [0.15, 0.2) is 60.7 Å². The lowest BCUT2D eigenvalue weighted by molar-refractivity contribution is -0.131. The molecule has 1 amide bonds. The average molecular weight is 348 g/mol. The van der Waals surface area contributed by atoms with Gasteiger partial charge in [0.15, 0.2) is 0 Å². The molecule has 0 fully saturated rings. The van der Waals surface area contributed by atoms with E-state index in [1.54, 1.807) is 0 Å². The van der Waals surface area contributed by atoms with Crippen molar-refractivity contribution in [1.29, 1.82) is 0 Å². The van der Waals surface area contributed by atoms with Crippen LogP contribution in [0, 0.1) is 0 Å². The number of hydrogen-bond donors (Lipinski definition) is 0. The maximum atomic E-state index is 12.2. The van der Waals surface area contributed by atoms with E-state index in [1.165, 1.54) is 0 Å². The number of aromatic nitrogens is 1. The van der Waals surface area contributed by atoms with Gasteiger partial charge in [0, 0.05) is 30.1 Å². The van der Waals surface area contributed by atoms with Gasteiger partial charge in [-0.25, -0.2) is 4.98 Å². The van der Waals surface area contributed by atoms with Crippen molar-refractivity contribution in [2.24, 2.45) is 0 Å². The number of benzene rings is 2. The minimum atomic E-state index is 0.122. The molecule has 0 radical (unpaired) electrons. The Balaban J connectivity index is 1.84. The molecule has 0 aliphatic rings. The number of fused-ring (bicyclic) bond motifs is 1. The molecule has 0 N–H and O–H groups in total. The Kier molecular flexibility index (Phi) is 5.84. The summed E-state index contributed by atoms with van der Waals surface area (Å²) in [6.45, 7) is 5.80. The highest BCUT2D eigenvalue weighted by atomic mass is 16.5. The first-order chi connectivity index (χ1) is 12.7. The van der Waals surface area contributed by atoms with Gasteiger partial charge in [-0.3, -0.25) is 4.79 Å². The molecule has 4 heteroatoms. The molecule has 2 aromatic carbocycles. The number of para-hydroxylation sites is 1. The van der Waals surface area contributed by atoms with Crippen LogP contribution in [0.4, 0.5) is 0 Å².